The Bertz CT molecular complexity index is 463. The number of nitrogens with zero attached hydrogens (tertiary/aromatic N) is 1. The first kappa shape index (κ1) is 15.4. The SMILES string of the molecule is CCC(CC#N)NCc1ccc(F)c(C(F)(F)F)c1. The van der Waals surface area contributed by atoms with Gasteiger partial charge in [0.2, 0.25) is 0 Å². The molecule has 104 valence electrons. The van der Waals surface area contributed by atoms with Crippen LogP contribution in [0, 0.1) is 17.1 Å². The van der Waals surface area contributed by atoms with Gasteiger partial charge >= 0.3 is 6.18 Å². The van der Waals surface area contributed by atoms with Crippen LogP contribution in [0.5, 0.6) is 0 Å². The first-order chi connectivity index (χ1) is 8.88. The van der Waals surface area contributed by atoms with Gasteiger partial charge in [-0.05, 0) is 24.1 Å². The van der Waals surface area contributed by atoms with E-state index < -0.39 is 17.6 Å². The van der Waals surface area contributed by atoms with E-state index in [1.165, 1.54) is 6.07 Å². The Labute approximate surface area is 109 Å². The molecule has 1 unspecified atom stereocenters. The smallest absolute Gasteiger partial charge is 0.309 e. The second kappa shape index (κ2) is 6.53. The second-order valence-electron chi connectivity index (χ2n) is 4.16. The van der Waals surface area contributed by atoms with Gasteiger partial charge in [0.15, 0.2) is 0 Å². The highest BCUT2D eigenvalue weighted by molar-refractivity contribution is 5.27. The molecule has 6 heteroatoms. The molecule has 0 saturated carbocycles. The average Bonchev–Trinajstić information content (AvgIpc) is 2.34. The topological polar surface area (TPSA) is 35.8 Å². The summed E-state index contributed by atoms with van der Waals surface area (Å²) in [6.07, 6.45) is -3.72. The lowest BCUT2D eigenvalue weighted by atomic mass is 10.1. The minimum Gasteiger partial charge on any atom is -0.309 e. The lowest BCUT2D eigenvalue weighted by Crippen LogP contribution is -2.27. The average molecular weight is 274 g/mol. The number of alkyl halides is 3. The van der Waals surface area contributed by atoms with Crippen molar-refractivity contribution in [1.82, 2.24) is 5.32 Å². The third-order valence-corrected chi connectivity index (χ3v) is 2.76. The van der Waals surface area contributed by atoms with Gasteiger partial charge in [0.05, 0.1) is 18.1 Å². The van der Waals surface area contributed by atoms with E-state index in [0.29, 0.717) is 12.0 Å². The molecule has 0 bridgehead atoms. The van der Waals surface area contributed by atoms with Crippen LogP contribution >= 0.6 is 0 Å². The quantitative estimate of drug-likeness (QED) is 0.832. The van der Waals surface area contributed by atoms with Gasteiger partial charge in [-0.1, -0.05) is 13.0 Å². The molecular formula is C13H14F4N2. The van der Waals surface area contributed by atoms with Crippen molar-refractivity contribution in [3.63, 3.8) is 0 Å². The number of nitrogens with one attached hydrogen (secondary N) is 1. The van der Waals surface area contributed by atoms with Crippen LogP contribution in [0.1, 0.15) is 30.9 Å². The van der Waals surface area contributed by atoms with Gasteiger partial charge in [-0.3, -0.25) is 0 Å². The molecule has 1 aromatic rings. The van der Waals surface area contributed by atoms with Crippen molar-refractivity contribution in [2.24, 2.45) is 0 Å². The Balaban J connectivity index is 2.78. The largest absolute Gasteiger partial charge is 0.419 e. The van der Waals surface area contributed by atoms with Crippen molar-refractivity contribution >= 4 is 0 Å². The molecular weight excluding hydrogens is 260 g/mol. The molecule has 1 atom stereocenters. The van der Waals surface area contributed by atoms with Crippen LogP contribution in [0.4, 0.5) is 17.6 Å². The van der Waals surface area contributed by atoms with Gasteiger partial charge in [-0.2, -0.15) is 18.4 Å². The van der Waals surface area contributed by atoms with Gasteiger partial charge in [-0.25, -0.2) is 4.39 Å². The summed E-state index contributed by atoms with van der Waals surface area (Å²) < 4.78 is 50.6. The van der Waals surface area contributed by atoms with Gasteiger partial charge in [-0.15, -0.1) is 0 Å². The number of hydrogen-bond donors (Lipinski definition) is 1. The van der Waals surface area contributed by atoms with Crippen LogP contribution in [0.15, 0.2) is 18.2 Å². The Morgan fingerprint density at radius 1 is 1.37 bits per heavy atom. The number of halogens is 4. The zero-order chi connectivity index (χ0) is 14.5. The van der Waals surface area contributed by atoms with E-state index >= 15 is 0 Å². The Morgan fingerprint density at radius 3 is 2.58 bits per heavy atom. The first-order valence-corrected chi connectivity index (χ1v) is 5.84. The minimum absolute atomic E-state index is 0.0793. The summed E-state index contributed by atoms with van der Waals surface area (Å²) in [6.45, 7) is 2.05. The maximum Gasteiger partial charge on any atom is 0.419 e. The summed E-state index contributed by atoms with van der Waals surface area (Å²) in [5.74, 6) is -1.28. The van der Waals surface area contributed by atoms with Gasteiger partial charge in [0.1, 0.15) is 5.82 Å². The molecule has 0 aromatic heterocycles. The van der Waals surface area contributed by atoms with Crippen LogP contribution < -0.4 is 5.32 Å². The normalized spacial score (nSPS) is 13.1. The molecule has 0 saturated heterocycles. The van der Waals surface area contributed by atoms with E-state index in [4.69, 9.17) is 5.26 Å². The van der Waals surface area contributed by atoms with E-state index in [1.807, 2.05) is 13.0 Å². The third-order valence-electron chi connectivity index (χ3n) is 2.76. The summed E-state index contributed by atoms with van der Waals surface area (Å²) >= 11 is 0. The number of rotatable bonds is 5. The molecule has 2 nitrogen and oxygen atoms in total. The second-order valence-corrected chi connectivity index (χ2v) is 4.16. The van der Waals surface area contributed by atoms with Crippen LogP contribution in [-0.4, -0.2) is 6.04 Å². The van der Waals surface area contributed by atoms with Crippen molar-refractivity contribution in [2.45, 2.75) is 38.5 Å². The summed E-state index contributed by atoms with van der Waals surface area (Å²) in [5.41, 5.74) is -0.926. The number of benzene rings is 1. The number of hydrogen-bond acceptors (Lipinski definition) is 2. The maximum atomic E-state index is 13.1. The van der Waals surface area contributed by atoms with Crippen molar-refractivity contribution in [3.05, 3.63) is 35.1 Å². The molecule has 0 spiro atoms. The molecule has 0 aliphatic heterocycles. The summed E-state index contributed by atoms with van der Waals surface area (Å²) in [6, 6.07) is 4.82. The Hall–Kier alpha value is -1.61. The fraction of sp³-hybridized carbons (Fsp3) is 0.462. The van der Waals surface area contributed by atoms with Crippen LogP contribution in [0.25, 0.3) is 0 Å². The fourth-order valence-corrected chi connectivity index (χ4v) is 1.63. The lowest BCUT2D eigenvalue weighted by Gasteiger charge is -2.15. The van der Waals surface area contributed by atoms with E-state index in [-0.39, 0.29) is 19.0 Å². The highest BCUT2D eigenvalue weighted by Gasteiger charge is 2.34. The van der Waals surface area contributed by atoms with Gasteiger partial charge in [0.25, 0.3) is 0 Å². The number of nitriles is 1. The van der Waals surface area contributed by atoms with Gasteiger partial charge in [0, 0.05) is 12.6 Å². The maximum absolute atomic E-state index is 13.1. The predicted octanol–water partition coefficient (Wildman–Crippen LogP) is 3.63. The molecule has 0 aliphatic rings. The fourth-order valence-electron chi connectivity index (χ4n) is 1.63. The summed E-state index contributed by atoms with van der Waals surface area (Å²) in [5, 5.41) is 11.5. The molecule has 0 heterocycles. The summed E-state index contributed by atoms with van der Waals surface area (Å²) in [4.78, 5) is 0. The highest BCUT2D eigenvalue weighted by atomic mass is 19.4. The molecule has 0 fully saturated rings. The van der Waals surface area contributed by atoms with E-state index in [2.05, 4.69) is 5.32 Å². The molecule has 1 N–H and O–H groups in total. The lowest BCUT2D eigenvalue weighted by molar-refractivity contribution is -0.140. The van der Waals surface area contributed by atoms with Crippen molar-refractivity contribution in [3.8, 4) is 6.07 Å². The van der Waals surface area contributed by atoms with Crippen molar-refractivity contribution in [2.75, 3.05) is 0 Å². The van der Waals surface area contributed by atoms with E-state index in [9.17, 15) is 17.6 Å². The zero-order valence-corrected chi connectivity index (χ0v) is 10.4. The van der Waals surface area contributed by atoms with Crippen molar-refractivity contribution < 1.29 is 17.6 Å². The van der Waals surface area contributed by atoms with E-state index in [0.717, 1.165) is 12.1 Å². The molecule has 0 amide bonds. The van der Waals surface area contributed by atoms with E-state index in [1.54, 1.807) is 0 Å². The zero-order valence-electron chi connectivity index (χ0n) is 10.4. The summed E-state index contributed by atoms with van der Waals surface area (Å²) in [7, 11) is 0. The Morgan fingerprint density at radius 2 is 2.05 bits per heavy atom. The monoisotopic (exact) mass is 274 g/mol. The van der Waals surface area contributed by atoms with Gasteiger partial charge < -0.3 is 5.32 Å². The third kappa shape index (κ3) is 4.52. The van der Waals surface area contributed by atoms with Crippen LogP contribution in [-0.2, 0) is 12.7 Å². The predicted molar refractivity (Wildman–Crippen MR) is 62.6 cm³/mol. The van der Waals surface area contributed by atoms with Crippen LogP contribution in [0.2, 0.25) is 0 Å². The standard InChI is InChI=1S/C13H14F4N2/c1-2-10(5-6-18)19-8-9-3-4-12(14)11(7-9)13(15,16)17/h3-4,7,10,19H,2,5,8H2,1H3. The highest BCUT2D eigenvalue weighted by Crippen LogP contribution is 2.31. The Kier molecular flexibility index (Phi) is 5.31. The minimum atomic E-state index is -4.70. The molecule has 1 rings (SSSR count). The van der Waals surface area contributed by atoms with Crippen LogP contribution in [0.3, 0.4) is 0 Å². The van der Waals surface area contributed by atoms with Crippen molar-refractivity contribution in [1.29, 1.82) is 5.26 Å². The molecule has 0 radical (unpaired) electrons. The first-order valence-electron chi connectivity index (χ1n) is 5.84. The molecule has 0 aliphatic carbocycles. The molecule has 1 aromatic carbocycles. The molecule has 19 heavy (non-hydrogen) atoms.